The molecule has 0 saturated heterocycles. The summed E-state index contributed by atoms with van der Waals surface area (Å²) in [4.78, 5) is 8.55. The Morgan fingerprint density at radius 3 is 1.77 bits per heavy atom. The summed E-state index contributed by atoms with van der Waals surface area (Å²) in [7, 11) is 0. The lowest BCUT2D eigenvalue weighted by Gasteiger charge is -2.05. The number of phenolic OH excluding ortho intramolecular Hbond substituents is 1. The summed E-state index contributed by atoms with van der Waals surface area (Å²) in [6.07, 6.45) is 0. The van der Waals surface area contributed by atoms with Crippen molar-refractivity contribution in [3.63, 3.8) is 0 Å². The van der Waals surface area contributed by atoms with E-state index in [1.807, 2.05) is 24.3 Å². The summed E-state index contributed by atoms with van der Waals surface area (Å²) in [5, 5.41) is 10.3. The third-order valence-corrected chi connectivity index (χ3v) is 4.16. The van der Waals surface area contributed by atoms with Gasteiger partial charge in [-0.1, -0.05) is 24.3 Å². The summed E-state index contributed by atoms with van der Waals surface area (Å²) >= 11 is 0. The van der Waals surface area contributed by atoms with Gasteiger partial charge in [0.15, 0.2) is 22.7 Å². The van der Waals surface area contributed by atoms with Crippen molar-refractivity contribution in [1.82, 2.24) is 9.97 Å². The number of hydrogen-bond donors (Lipinski definition) is 1. The molecule has 0 bridgehead atoms. The first-order chi connectivity index (χ1) is 12.7. The van der Waals surface area contributed by atoms with E-state index < -0.39 is 11.6 Å². The molecule has 1 N–H and O–H groups in total. The number of fused-ring (bicyclic) bond motifs is 2. The number of halogens is 1. The first kappa shape index (κ1) is 14.7. The van der Waals surface area contributed by atoms with Gasteiger partial charge in [-0.2, -0.15) is 0 Å². The van der Waals surface area contributed by atoms with Crippen molar-refractivity contribution in [3.8, 4) is 28.7 Å². The Labute approximate surface area is 146 Å². The summed E-state index contributed by atoms with van der Waals surface area (Å²) in [5.74, 6) is -1.15. The Morgan fingerprint density at radius 1 is 0.692 bits per heavy atom. The highest BCUT2D eigenvalue weighted by molar-refractivity contribution is 5.80. The van der Waals surface area contributed by atoms with Crippen molar-refractivity contribution in [1.29, 1.82) is 0 Å². The van der Waals surface area contributed by atoms with Crippen molar-refractivity contribution in [2.75, 3.05) is 0 Å². The predicted molar refractivity (Wildman–Crippen MR) is 94.1 cm³/mol. The lowest BCUT2D eigenvalue weighted by Crippen LogP contribution is -1.89. The second kappa shape index (κ2) is 5.42. The van der Waals surface area contributed by atoms with E-state index in [-0.39, 0.29) is 22.9 Å². The van der Waals surface area contributed by atoms with Gasteiger partial charge in [0, 0.05) is 0 Å². The molecule has 0 fully saturated rings. The predicted octanol–water partition coefficient (Wildman–Crippen LogP) is 5.15. The van der Waals surface area contributed by atoms with E-state index >= 15 is 0 Å². The topological polar surface area (TPSA) is 72.3 Å². The Bertz CT molecular complexity index is 1110. The minimum atomic E-state index is -0.837. The van der Waals surface area contributed by atoms with Crippen LogP contribution in [0.4, 0.5) is 4.39 Å². The van der Waals surface area contributed by atoms with Crippen molar-refractivity contribution in [2.24, 2.45) is 0 Å². The molecular formula is C20H11FN2O3. The van der Waals surface area contributed by atoms with Gasteiger partial charge in [0.2, 0.25) is 11.8 Å². The minimum Gasteiger partial charge on any atom is -0.504 e. The molecule has 3 aromatic carbocycles. The Balaban J connectivity index is 1.65. The van der Waals surface area contributed by atoms with Gasteiger partial charge < -0.3 is 13.9 Å². The van der Waals surface area contributed by atoms with Crippen LogP contribution in [0.5, 0.6) is 5.75 Å². The normalized spacial score (nSPS) is 11.4. The van der Waals surface area contributed by atoms with Crippen molar-refractivity contribution in [2.45, 2.75) is 0 Å². The van der Waals surface area contributed by atoms with Gasteiger partial charge in [0.1, 0.15) is 11.0 Å². The molecule has 2 heterocycles. The summed E-state index contributed by atoms with van der Waals surface area (Å²) in [5.41, 5.74) is 2.58. The summed E-state index contributed by atoms with van der Waals surface area (Å²) < 4.78 is 26.0. The second-order valence-corrected chi connectivity index (χ2v) is 5.80. The largest absolute Gasteiger partial charge is 0.504 e. The van der Waals surface area contributed by atoms with E-state index in [1.54, 1.807) is 24.3 Å². The Kier molecular flexibility index (Phi) is 3.05. The Hall–Kier alpha value is -3.67. The molecule has 2 aromatic heterocycles. The number of hydrogen-bond acceptors (Lipinski definition) is 5. The zero-order valence-electron chi connectivity index (χ0n) is 13.3. The standard InChI is InChI=1S/C20H11FN2O3/c21-17-11(19-22-13-5-1-3-7-15(13)25-19)9-10-12(18(17)24)20-23-14-6-2-4-8-16(14)26-20/h1-10,24H. The zero-order valence-corrected chi connectivity index (χ0v) is 13.3. The molecule has 0 spiro atoms. The molecule has 5 aromatic rings. The molecule has 0 atom stereocenters. The molecule has 6 heteroatoms. The molecular weight excluding hydrogens is 335 g/mol. The monoisotopic (exact) mass is 346 g/mol. The number of para-hydroxylation sites is 4. The smallest absolute Gasteiger partial charge is 0.231 e. The number of oxazole rings is 2. The van der Waals surface area contributed by atoms with Gasteiger partial charge in [0.25, 0.3) is 0 Å². The van der Waals surface area contributed by atoms with E-state index in [0.29, 0.717) is 22.2 Å². The van der Waals surface area contributed by atoms with Gasteiger partial charge >= 0.3 is 0 Å². The van der Waals surface area contributed by atoms with Crippen LogP contribution in [-0.4, -0.2) is 15.1 Å². The molecule has 0 aliphatic carbocycles. The van der Waals surface area contributed by atoms with Crippen LogP contribution >= 0.6 is 0 Å². The van der Waals surface area contributed by atoms with Crippen molar-refractivity contribution < 1.29 is 18.3 Å². The minimum absolute atomic E-state index is 0.0681. The third-order valence-electron chi connectivity index (χ3n) is 4.16. The maximum Gasteiger partial charge on any atom is 0.231 e. The first-order valence-electron chi connectivity index (χ1n) is 7.94. The highest BCUT2D eigenvalue weighted by Crippen LogP contribution is 2.38. The maximum atomic E-state index is 14.8. The summed E-state index contributed by atoms with van der Waals surface area (Å²) in [6, 6.07) is 17.3. The molecule has 0 radical (unpaired) electrons. The SMILES string of the molecule is Oc1c(-c2nc3ccccc3o2)ccc(-c2nc3ccccc3o2)c1F. The third kappa shape index (κ3) is 2.16. The first-order valence-corrected chi connectivity index (χ1v) is 7.94. The van der Waals surface area contributed by atoms with Crippen molar-refractivity contribution in [3.05, 3.63) is 66.5 Å². The van der Waals surface area contributed by atoms with Crippen LogP contribution in [0.2, 0.25) is 0 Å². The Morgan fingerprint density at radius 2 is 1.19 bits per heavy atom. The highest BCUT2D eigenvalue weighted by Gasteiger charge is 2.21. The van der Waals surface area contributed by atoms with Gasteiger partial charge in [-0.3, -0.25) is 0 Å². The molecule has 0 unspecified atom stereocenters. The number of benzene rings is 3. The van der Waals surface area contributed by atoms with E-state index in [0.717, 1.165) is 0 Å². The quantitative estimate of drug-likeness (QED) is 0.479. The fraction of sp³-hybridized carbons (Fsp3) is 0. The number of nitrogens with zero attached hydrogens (tertiary/aromatic N) is 2. The van der Waals surface area contributed by atoms with E-state index in [1.165, 1.54) is 12.1 Å². The van der Waals surface area contributed by atoms with Crippen LogP contribution in [0.15, 0.2) is 69.5 Å². The van der Waals surface area contributed by atoms with E-state index in [9.17, 15) is 9.50 Å². The maximum absolute atomic E-state index is 14.8. The van der Waals surface area contributed by atoms with Gasteiger partial charge in [-0.25, -0.2) is 14.4 Å². The van der Waals surface area contributed by atoms with E-state index in [2.05, 4.69) is 9.97 Å². The fourth-order valence-electron chi connectivity index (χ4n) is 2.88. The molecule has 26 heavy (non-hydrogen) atoms. The fourth-order valence-corrected chi connectivity index (χ4v) is 2.88. The number of aromatic hydroxyl groups is 1. The molecule has 0 aliphatic heterocycles. The van der Waals surface area contributed by atoms with Crippen LogP contribution < -0.4 is 0 Å². The molecule has 5 nitrogen and oxygen atoms in total. The number of rotatable bonds is 2. The zero-order chi connectivity index (χ0) is 17.7. The molecule has 5 rings (SSSR count). The molecule has 0 aliphatic rings. The highest BCUT2D eigenvalue weighted by atomic mass is 19.1. The van der Waals surface area contributed by atoms with E-state index in [4.69, 9.17) is 8.83 Å². The molecule has 0 amide bonds. The lowest BCUT2D eigenvalue weighted by molar-refractivity contribution is 0.432. The molecule has 0 saturated carbocycles. The van der Waals surface area contributed by atoms with Gasteiger partial charge in [0.05, 0.1) is 11.1 Å². The van der Waals surface area contributed by atoms with Crippen LogP contribution in [-0.2, 0) is 0 Å². The van der Waals surface area contributed by atoms with Crippen LogP contribution in [0, 0.1) is 5.82 Å². The number of aromatic nitrogens is 2. The average molecular weight is 346 g/mol. The number of phenols is 1. The van der Waals surface area contributed by atoms with Crippen LogP contribution in [0.3, 0.4) is 0 Å². The lowest BCUT2D eigenvalue weighted by atomic mass is 10.1. The van der Waals surface area contributed by atoms with Gasteiger partial charge in [-0.05, 0) is 36.4 Å². The average Bonchev–Trinajstić information content (AvgIpc) is 3.27. The second-order valence-electron chi connectivity index (χ2n) is 5.80. The van der Waals surface area contributed by atoms with Gasteiger partial charge in [-0.15, -0.1) is 0 Å². The molecule has 126 valence electrons. The van der Waals surface area contributed by atoms with Crippen LogP contribution in [0.1, 0.15) is 0 Å². The van der Waals surface area contributed by atoms with Crippen molar-refractivity contribution >= 4 is 22.2 Å². The summed E-state index contributed by atoms with van der Waals surface area (Å²) in [6.45, 7) is 0. The van der Waals surface area contributed by atoms with Crippen LogP contribution in [0.25, 0.3) is 45.1 Å².